The smallest absolute Gasteiger partial charge is 0.265 e. The van der Waals surface area contributed by atoms with E-state index in [0.717, 1.165) is 18.7 Å². The molecule has 1 aromatic heterocycles. The monoisotopic (exact) mass is 336 g/mol. The lowest BCUT2D eigenvalue weighted by Gasteiger charge is -2.10. The van der Waals surface area contributed by atoms with Crippen LogP contribution in [0.15, 0.2) is 29.2 Å². The second-order valence-electron chi connectivity index (χ2n) is 5.58. The zero-order chi connectivity index (χ0) is 16.9. The fourth-order valence-corrected chi connectivity index (χ4v) is 3.84. The quantitative estimate of drug-likeness (QED) is 0.645. The number of benzene rings is 1. The number of aromatic nitrogens is 2. The first-order valence-corrected chi connectivity index (χ1v) is 9.30. The van der Waals surface area contributed by atoms with Crippen LogP contribution < -0.4 is 10.0 Å². The molecule has 7 heteroatoms. The molecule has 126 valence electrons. The lowest BCUT2D eigenvalue weighted by atomic mass is 10.2. The van der Waals surface area contributed by atoms with E-state index in [4.69, 9.17) is 0 Å². The van der Waals surface area contributed by atoms with Crippen LogP contribution >= 0.6 is 0 Å². The third-order valence-corrected chi connectivity index (χ3v) is 5.22. The Labute approximate surface area is 137 Å². The molecule has 0 aliphatic carbocycles. The molecule has 1 heterocycles. The third-order valence-electron chi connectivity index (χ3n) is 3.58. The first-order valence-electron chi connectivity index (χ1n) is 7.82. The summed E-state index contributed by atoms with van der Waals surface area (Å²) in [4.78, 5) is 0.208. The summed E-state index contributed by atoms with van der Waals surface area (Å²) in [5.74, 6) is 0. The zero-order valence-corrected chi connectivity index (χ0v) is 14.6. The molecule has 0 atom stereocenters. The summed E-state index contributed by atoms with van der Waals surface area (Å²) < 4.78 is 27.5. The molecule has 0 aliphatic heterocycles. The number of unbranched alkanes of at least 4 members (excludes halogenated alkanes) is 2. The molecule has 0 bridgehead atoms. The molecule has 23 heavy (non-hydrogen) atoms. The molecule has 2 aromatic rings. The van der Waals surface area contributed by atoms with Gasteiger partial charge in [0, 0.05) is 17.9 Å². The molecule has 0 saturated carbocycles. The summed E-state index contributed by atoms with van der Waals surface area (Å²) in [5.41, 5.74) is 2.51. The van der Waals surface area contributed by atoms with E-state index in [0.29, 0.717) is 17.1 Å². The van der Waals surface area contributed by atoms with Crippen molar-refractivity contribution in [3.8, 4) is 0 Å². The molecule has 6 nitrogen and oxygen atoms in total. The van der Waals surface area contributed by atoms with E-state index in [-0.39, 0.29) is 4.90 Å². The van der Waals surface area contributed by atoms with Crippen LogP contribution in [0.1, 0.15) is 37.6 Å². The summed E-state index contributed by atoms with van der Waals surface area (Å²) >= 11 is 0. The molecule has 0 spiro atoms. The van der Waals surface area contributed by atoms with Crippen molar-refractivity contribution in [3.05, 3.63) is 35.7 Å². The van der Waals surface area contributed by atoms with E-state index >= 15 is 0 Å². The fraction of sp³-hybridized carbons (Fsp3) is 0.438. The lowest BCUT2D eigenvalue weighted by molar-refractivity contribution is 0.600. The van der Waals surface area contributed by atoms with Gasteiger partial charge in [0.15, 0.2) is 0 Å². The summed E-state index contributed by atoms with van der Waals surface area (Å²) in [6, 6.07) is 7.26. The number of aromatic amines is 1. The second kappa shape index (κ2) is 7.50. The fourth-order valence-electron chi connectivity index (χ4n) is 2.41. The maximum absolute atomic E-state index is 12.4. The van der Waals surface area contributed by atoms with Crippen LogP contribution in [-0.2, 0) is 10.0 Å². The number of nitrogens with one attached hydrogen (secondary N) is 3. The van der Waals surface area contributed by atoms with Gasteiger partial charge in [-0.1, -0.05) is 19.8 Å². The van der Waals surface area contributed by atoms with Crippen molar-refractivity contribution in [1.82, 2.24) is 10.2 Å². The summed E-state index contributed by atoms with van der Waals surface area (Å²) in [5, 5.41) is 9.95. The Morgan fingerprint density at radius 1 is 1.09 bits per heavy atom. The zero-order valence-electron chi connectivity index (χ0n) is 13.8. The Morgan fingerprint density at radius 2 is 1.74 bits per heavy atom. The van der Waals surface area contributed by atoms with E-state index < -0.39 is 10.0 Å². The molecule has 0 aliphatic rings. The first kappa shape index (κ1) is 17.3. The molecule has 3 N–H and O–H groups in total. The molecule has 2 rings (SSSR count). The molecule has 0 amide bonds. The molecule has 0 fully saturated rings. The van der Waals surface area contributed by atoms with Gasteiger partial charge in [0.2, 0.25) is 0 Å². The minimum atomic E-state index is -3.63. The van der Waals surface area contributed by atoms with Crippen LogP contribution in [0.3, 0.4) is 0 Å². The number of anilines is 2. The molecule has 1 aromatic carbocycles. The number of aryl methyl sites for hydroxylation is 2. The number of nitrogens with zero attached hydrogens (tertiary/aromatic N) is 1. The van der Waals surface area contributed by atoms with Crippen LogP contribution in [0.4, 0.5) is 11.4 Å². The van der Waals surface area contributed by atoms with Gasteiger partial charge in [0.25, 0.3) is 10.0 Å². The predicted molar refractivity (Wildman–Crippen MR) is 93.3 cm³/mol. The summed E-state index contributed by atoms with van der Waals surface area (Å²) in [7, 11) is -3.63. The summed E-state index contributed by atoms with van der Waals surface area (Å²) in [6.45, 7) is 6.45. The minimum absolute atomic E-state index is 0.208. The van der Waals surface area contributed by atoms with Gasteiger partial charge in [0.1, 0.15) is 4.90 Å². The van der Waals surface area contributed by atoms with Gasteiger partial charge in [-0.3, -0.25) is 9.82 Å². The van der Waals surface area contributed by atoms with Gasteiger partial charge in [-0.25, -0.2) is 8.42 Å². The number of hydrogen-bond donors (Lipinski definition) is 3. The Morgan fingerprint density at radius 3 is 2.30 bits per heavy atom. The maximum atomic E-state index is 12.4. The minimum Gasteiger partial charge on any atom is -0.385 e. The van der Waals surface area contributed by atoms with Gasteiger partial charge < -0.3 is 5.32 Å². The van der Waals surface area contributed by atoms with E-state index in [9.17, 15) is 8.42 Å². The highest BCUT2D eigenvalue weighted by Crippen LogP contribution is 2.21. The van der Waals surface area contributed by atoms with Crippen molar-refractivity contribution in [2.24, 2.45) is 0 Å². The van der Waals surface area contributed by atoms with Crippen molar-refractivity contribution >= 4 is 21.4 Å². The lowest BCUT2D eigenvalue weighted by Crippen LogP contribution is -2.14. The van der Waals surface area contributed by atoms with E-state index in [1.807, 2.05) is 12.1 Å². The normalized spacial score (nSPS) is 11.4. The van der Waals surface area contributed by atoms with Crippen molar-refractivity contribution in [3.63, 3.8) is 0 Å². The molecular weight excluding hydrogens is 312 g/mol. The number of rotatable bonds is 8. The average molecular weight is 336 g/mol. The van der Waals surface area contributed by atoms with Crippen LogP contribution in [0.25, 0.3) is 0 Å². The molecule has 0 unspecified atom stereocenters. The second-order valence-corrected chi connectivity index (χ2v) is 7.20. The average Bonchev–Trinajstić information content (AvgIpc) is 2.85. The highest BCUT2D eigenvalue weighted by atomic mass is 32.2. The van der Waals surface area contributed by atoms with Crippen molar-refractivity contribution in [1.29, 1.82) is 0 Å². The topological polar surface area (TPSA) is 86.9 Å². The molecular formula is C16H24N4O2S. The van der Waals surface area contributed by atoms with E-state index in [1.165, 1.54) is 12.8 Å². The Balaban J connectivity index is 2.03. The Bertz CT molecular complexity index is 716. The van der Waals surface area contributed by atoms with Crippen LogP contribution in [-0.4, -0.2) is 25.2 Å². The van der Waals surface area contributed by atoms with E-state index in [2.05, 4.69) is 27.2 Å². The van der Waals surface area contributed by atoms with Crippen molar-refractivity contribution in [2.75, 3.05) is 16.6 Å². The standard InChI is InChI=1S/C16H24N4O2S/c1-4-5-6-11-17-14-7-9-15(10-8-14)20-23(21,22)16-12(2)18-19-13(16)3/h7-10,17,20H,4-6,11H2,1-3H3,(H,18,19). The number of H-pyrrole nitrogens is 1. The third kappa shape index (κ3) is 4.48. The molecule has 0 radical (unpaired) electrons. The number of hydrogen-bond acceptors (Lipinski definition) is 4. The Hall–Kier alpha value is -2.02. The van der Waals surface area contributed by atoms with Crippen LogP contribution in [0, 0.1) is 13.8 Å². The van der Waals surface area contributed by atoms with Gasteiger partial charge in [-0.05, 0) is 44.5 Å². The van der Waals surface area contributed by atoms with Gasteiger partial charge in [-0.15, -0.1) is 0 Å². The van der Waals surface area contributed by atoms with Crippen LogP contribution in [0.5, 0.6) is 0 Å². The van der Waals surface area contributed by atoms with E-state index in [1.54, 1.807) is 26.0 Å². The largest absolute Gasteiger partial charge is 0.385 e. The van der Waals surface area contributed by atoms with Crippen LogP contribution in [0.2, 0.25) is 0 Å². The first-order chi connectivity index (χ1) is 10.9. The van der Waals surface area contributed by atoms with Gasteiger partial charge in [0.05, 0.1) is 11.4 Å². The number of sulfonamides is 1. The van der Waals surface area contributed by atoms with Gasteiger partial charge in [-0.2, -0.15) is 5.10 Å². The van der Waals surface area contributed by atoms with Gasteiger partial charge >= 0.3 is 0 Å². The highest BCUT2D eigenvalue weighted by Gasteiger charge is 2.22. The maximum Gasteiger partial charge on any atom is 0.265 e. The Kier molecular flexibility index (Phi) is 5.65. The predicted octanol–water partition coefficient (Wildman–Crippen LogP) is 3.43. The SMILES string of the molecule is CCCCCNc1ccc(NS(=O)(=O)c2c(C)n[nH]c2C)cc1. The van der Waals surface area contributed by atoms with Crippen molar-refractivity contribution < 1.29 is 8.42 Å². The summed E-state index contributed by atoms with van der Waals surface area (Å²) in [6.07, 6.45) is 3.52. The molecule has 0 saturated heterocycles. The van der Waals surface area contributed by atoms with Crippen molar-refractivity contribution in [2.45, 2.75) is 44.9 Å². The highest BCUT2D eigenvalue weighted by molar-refractivity contribution is 7.92.